The van der Waals surface area contributed by atoms with Gasteiger partial charge >= 0.3 is 0 Å². The fourth-order valence-electron chi connectivity index (χ4n) is 3.36. The summed E-state index contributed by atoms with van der Waals surface area (Å²) >= 11 is 0. The van der Waals surface area contributed by atoms with E-state index in [0.29, 0.717) is 12.5 Å². The second-order valence-electron chi connectivity index (χ2n) is 6.51. The molecule has 1 N–H and O–H groups in total. The van der Waals surface area contributed by atoms with Gasteiger partial charge in [-0.05, 0) is 43.2 Å². The number of likely N-dealkylation sites (tertiary alicyclic amines) is 1. The fourth-order valence-corrected chi connectivity index (χ4v) is 3.36. The van der Waals surface area contributed by atoms with E-state index in [0.717, 1.165) is 35.1 Å². The van der Waals surface area contributed by atoms with Crippen molar-refractivity contribution >= 4 is 22.4 Å². The van der Waals surface area contributed by atoms with Gasteiger partial charge in [0.2, 0.25) is 5.91 Å². The van der Waals surface area contributed by atoms with Crippen molar-refractivity contribution in [3.63, 3.8) is 0 Å². The topological polar surface area (TPSA) is 32.3 Å². The minimum Gasteiger partial charge on any atom is -0.324 e. The second-order valence-corrected chi connectivity index (χ2v) is 6.51. The van der Waals surface area contributed by atoms with E-state index in [-0.39, 0.29) is 5.91 Å². The molecule has 3 rings (SSSR count). The normalized spacial score (nSPS) is 19.3. The number of rotatable bonds is 3. The molecule has 1 fully saturated rings. The number of piperidine rings is 1. The molecule has 1 heterocycles. The Labute approximate surface area is 132 Å². The van der Waals surface area contributed by atoms with E-state index in [1.807, 2.05) is 19.1 Å². The Morgan fingerprint density at radius 1 is 1.27 bits per heavy atom. The van der Waals surface area contributed by atoms with E-state index in [4.69, 9.17) is 0 Å². The van der Waals surface area contributed by atoms with Gasteiger partial charge in [-0.1, -0.05) is 43.3 Å². The molecule has 0 aliphatic carbocycles. The minimum atomic E-state index is 0.0913. The number of fused-ring (bicyclic) bond motifs is 1. The molecule has 0 radical (unpaired) electrons. The lowest BCUT2D eigenvalue weighted by Gasteiger charge is -2.30. The second kappa shape index (κ2) is 6.49. The van der Waals surface area contributed by atoms with Crippen LogP contribution in [0.4, 0.5) is 5.69 Å². The van der Waals surface area contributed by atoms with Gasteiger partial charge in [0.25, 0.3) is 0 Å². The first-order chi connectivity index (χ1) is 10.6. The van der Waals surface area contributed by atoms with Crippen LogP contribution in [0.15, 0.2) is 36.4 Å². The summed E-state index contributed by atoms with van der Waals surface area (Å²) in [6.45, 7) is 6.87. The average Bonchev–Trinajstić information content (AvgIpc) is 2.50. The van der Waals surface area contributed by atoms with Crippen molar-refractivity contribution in [2.24, 2.45) is 5.92 Å². The molecule has 3 nitrogen and oxygen atoms in total. The number of carbonyl (C=O) groups is 1. The molecule has 0 bridgehead atoms. The van der Waals surface area contributed by atoms with Crippen LogP contribution in [-0.2, 0) is 4.79 Å². The first kappa shape index (κ1) is 15.0. The largest absolute Gasteiger partial charge is 0.324 e. The van der Waals surface area contributed by atoms with E-state index in [2.05, 4.69) is 41.4 Å². The molecule has 2 aromatic rings. The summed E-state index contributed by atoms with van der Waals surface area (Å²) in [5.74, 6) is 0.786. The fraction of sp³-hybridized carbons (Fsp3) is 0.421. The summed E-state index contributed by atoms with van der Waals surface area (Å²) in [6.07, 6.45) is 2.47. The molecule has 3 heteroatoms. The molecule has 1 aliphatic heterocycles. The molecule has 1 saturated heterocycles. The van der Waals surface area contributed by atoms with Crippen LogP contribution in [0.1, 0.15) is 25.3 Å². The van der Waals surface area contributed by atoms with E-state index < -0.39 is 0 Å². The number of aryl methyl sites for hydroxylation is 1. The number of anilines is 1. The number of benzene rings is 2. The Kier molecular flexibility index (Phi) is 4.44. The number of hydrogen-bond donors (Lipinski definition) is 1. The highest BCUT2D eigenvalue weighted by atomic mass is 16.2. The highest BCUT2D eigenvalue weighted by Gasteiger charge is 2.19. The van der Waals surface area contributed by atoms with Crippen LogP contribution >= 0.6 is 0 Å². The summed E-state index contributed by atoms with van der Waals surface area (Å²) in [5, 5.41) is 5.41. The zero-order valence-electron chi connectivity index (χ0n) is 13.4. The van der Waals surface area contributed by atoms with Crippen LogP contribution in [0, 0.1) is 12.8 Å². The SMILES string of the molecule is Cc1ccc2ccccc2c1NC(=O)CN1CCC[C@@H](C)C1. The number of nitrogens with one attached hydrogen (secondary N) is 1. The molecule has 2 aromatic carbocycles. The van der Waals surface area contributed by atoms with Gasteiger partial charge in [0.1, 0.15) is 0 Å². The van der Waals surface area contributed by atoms with Crippen molar-refractivity contribution in [3.8, 4) is 0 Å². The Morgan fingerprint density at radius 2 is 2.09 bits per heavy atom. The quantitative estimate of drug-likeness (QED) is 0.934. The van der Waals surface area contributed by atoms with Gasteiger partial charge in [0.15, 0.2) is 0 Å². The third kappa shape index (κ3) is 3.30. The highest BCUT2D eigenvalue weighted by molar-refractivity contribution is 6.03. The van der Waals surface area contributed by atoms with Gasteiger partial charge in [0, 0.05) is 11.9 Å². The number of amides is 1. The Bertz CT molecular complexity index is 680. The molecule has 1 aliphatic rings. The summed E-state index contributed by atoms with van der Waals surface area (Å²) in [5.41, 5.74) is 2.06. The van der Waals surface area contributed by atoms with Crippen molar-refractivity contribution in [3.05, 3.63) is 42.0 Å². The molecular formula is C19H24N2O. The zero-order valence-corrected chi connectivity index (χ0v) is 13.4. The average molecular weight is 296 g/mol. The maximum Gasteiger partial charge on any atom is 0.238 e. The standard InChI is InChI=1S/C19H24N2O/c1-14-6-5-11-21(12-14)13-18(22)20-19-15(2)9-10-16-7-3-4-8-17(16)19/h3-4,7-10,14H,5-6,11-13H2,1-2H3,(H,20,22)/t14-/m1/s1. The maximum atomic E-state index is 12.4. The number of nitrogens with zero attached hydrogens (tertiary/aromatic N) is 1. The van der Waals surface area contributed by atoms with Crippen molar-refractivity contribution in [1.82, 2.24) is 4.90 Å². The van der Waals surface area contributed by atoms with Gasteiger partial charge in [-0.3, -0.25) is 9.69 Å². The van der Waals surface area contributed by atoms with Gasteiger partial charge in [-0.2, -0.15) is 0 Å². The number of carbonyl (C=O) groups excluding carboxylic acids is 1. The van der Waals surface area contributed by atoms with Gasteiger partial charge in [0.05, 0.1) is 12.2 Å². The smallest absolute Gasteiger partial charge is 0.238 e. The van der Waals surface area contributed by atoms with Crippen molar-refractivity contribution in [2.75, 3.05) is 25.0 Å². The van der Waals surface area contributed by atoms with Crippen LogP contribution in [0.25, 0.3) is 10.8 Å². The Hall–Kier alpha value is -1.87. The molecule has 0 unspecified atom stereocenters. The molecule has 116 valence electrons. The third-order valence-electron chi connectivity index (χ3n) is 4.51. The Morgan fingerprint density at radius 3 is 2.91 bits per heavy atom. The van der Waals surface area contributed by atoms with Gasteiger partial charge in [-0.25, -0.2) is 0 Å². The van der Waals surface area contributed by atoms with E-state index >= 15 is 0 Å². The van der Waals surface area contributed by atoms with Crippen molar-refractivity contribution < 1.29 is 4.79 Å². The van der Waals surface area contributed by atoms with Crippen LogP contribution in [0.3, 0.4) is 0 Å². The summed E-state index contributed by atoms with van der Waals surface area (Å²) in [4.78, 5) is 14.7. The minimum absolute atomic E-state index is 0.0913. The van der Waals surface area contributed by atoms with E-state index in [9.17, 15) is 4.79 Å². The molecule has 0 spiro atoms. The molecule has 1 amide bonds. The molecule has 1 atom stereocenters. The summed E-state index contributed by atoms with van der Waals surface area (Å²) < 4.78 is 0. The van der Waals surface area contributed by atoms with Gasteiger partial charge in [-0.15, -0.1) is 0 Å². The van der Waals surface area contributed by atoms with Crippen LogP contribution in [-0.4, -0.2) is 30.4 Å². The first-order valence-corrected chi connectivity index (χ1v) is 8.14. The van der Waals surface area contributed by atoms with Crippen LogP contribution < -0.4 is 5.32 Å². The molecule has 0 aromatic heterocycles. The zero-order chi connectivity index (χ0) is 15.5. The van der Waals surface area contributed by atoms with Crippen molar-refractivity contribution in [2.45, 2.75) is 26.7 Å². The summed E-state index contributed by atoms with van der Waals surface area (Å²) in [7, 11) is 0. The molecule has 0 saturated carbocycles. The van der Waals surface area contributed by atoms with Crippen molar-refractivity contribution in [1.29, 1.82) is 0 Å². The lowest BCUT2D eigenvalue weighted by molar-refractivity contribution is -0.117. The maximum absolute atomic E-state index is 12.4. The Balaban J connectivity index is 1.75. The number of hydrogen-bond acceptors (Lipinski definition) is 2. The lowest BCUT2D eigenvalue weighted by atomic mass is 10.0. The van der Waals surface area contributed by atoms with Gasteiger partial charge < -0.3 is 5.32 Å². The van der Waals surface area contributed by atoms with E-state index in [1.165, 1.54) is 12.8 Å². The molecular weight excluding hydrogens is 272 g/mol. The predicted molar refractivity (Wildman–Crippen MR) is 92.2 cm³/mol. The first-order valence-electron chi connectivity index (χ1n) is 8.14. The van der Waals surface area contributed by atoms with Crippen LogP contribution in [0.2, 0.25) is 0 Å². The third-order valence-corrected chi connectivity index (χ3v) is 4.51. The molecule has 22 heavy (non-hydrogen) atoms. The van der Waals surface area contributed by atoms with E-state index in [1.54, 1.807) is 0 Å². The summed E-state index contributed by atoms with van der Waals surface area (Å²) in [6, 6.07) is 12.4. The predicted octanol–water partition coefficient (Wildman–Crippen LogP) is 3.82. The van der Waals surface area contributed by atoms with Crippen LogP contribution in [0.5, 0.6) is 0 Å². The monoisotopic (exact) mass is 296 g/mol. The lowest BCUT2D eigenvalue weighted by Crippen LogP contribution is -2.39. The highest BCUT2D eigenvalue weighted by Crippen LogP contribution is 2.27.